The van der Waals surface area contributed by atoms with Crippen LogP contribution in [0, 0.1) is 5.92 Å². The number of amides is 2. The Morgan fingerprint density at radius 3 is 2.31 bits per heavy atom. The molecule has 1 aliphatic heterocycles. The average molecular weight is 376 g/mol. The van der Waals surface area contributed by atoms with Gasteiger partial charge in [-0.15, -0.1) is 0 Å². The van der Waals surface area contributed by atoms with Crippen LogP contribution in [-0.4, -0.2) is 46.7 Å². The smallest absolute Gasteiger partial charge is 0.437 e. The van der Waals surface area contributed by atoms with Crippen molar-refractivity contribution in [3.05, 3.63) is 35.4 Å². The Labute approximate surface area is 144 Å². The molecule has 0 saturated carbocycles. The second-order valence-corrected chi connectivity index (χ2v) is 5.50. The summed E-state index contributed by atoms with van der Waals surface area (Å²) < 4.78 is 44.9. The molecule has 1 saturated heterocycles. The van der Waals surface area contributed by atoms with Gasteiger partial charge in [0.2, 0.25) is 0 Å². The lowest BCUT2D eigenvalue weighted by Gasteiger charge is -2.44. The van der Waals surface area contributed by atoms with Gasteiger partial charge < -0.3 is 25.6 Å². The monoisotopic (exact) mass is 376 g/mol. The molecule has 11 heteroatoms. The van der Waals surface area contributed by atoms with Gasteiger partial charge in [-0.05, 0) is 24.6 Å². The lowest BCUT2D eigenvalue weighted by atomic mass is 9.82. The van der Waals surface area contributed by atoms with E-state index in [1.807, 2.05) is 0 Å². The Morgan fingerprint density at radius 2 is 1.85 bits per heavy atom. The van der Waals surface area contributed by atoms with Crippen LogP contribution in [0.2, 0.25) is 0 Å². The molecule has 1 aromatic carbocycles. The van der Waals surface area contributed by atoms with Gasteiger partial charge in [0.25, 0.3) is 5.72 Å². The third-order valence-electron chi connectivity index (χ3n) is 3.86. The minimum Gasteiger partial charge on any atom is -0.478 e. The molecule has 142 valence electrons. The topological polar surface area (TPSA) is 125 Å². The van der Waals surface area contributed by atoms with Crippen LogP contribution < -0.4 is 10.6 Å². The van der Waals surface area contributed by atoms with Gasteiger partial charge in [0.1, 0.15) is 5.92 Å². The number of hydrogen-bond donors (Lipinski definition) is 4. The van der Waals surface area contributed by atoms with Crippen molar-refractivity contribution in [2.45, 2.75) is 24.9 Å². The molecule has 0 spiro atoms. The molecule has 3 atom stereocenters. The fourth-order valence-electron chi connectivity index (χ4n) is 2.65. The molecule has 0 unspecified atom stereocenters. The molecule has 0 aromatic heterocycles. The third-order valence-corrected chi connectivity index (χ3v) is 3.86. The van der Waals surface area contributed by atoms with Gasteiger partial charge >= 0.3 is 24.1 Å². The predicted octanol–water partition coefficient (Wildman–Crippen LogP) is 1.17. The fourth-order valence-corrected chi connectivity index (χ4v) is 2.65. The number of ether oxygens (including phenoxy) is 1. The summed E-state index contributed by atoms with van der Waals surface area (Å²) in [6.45, 7) is 1.12. The summed E-state index contributed by atoms with van der Waals surface area (Å²) in [5.41, 5.74) is -4.02. The number of halogens is 3. The van der Waals surface area contributed by atoms with E-state index >= 15 is 0 Å². The number of alkyl halides is 3. The Morgan fingerprint density at radius 1 is 1.27 bits per heavy atom. The van der Waals surface area contributed by atoms with E-state index in [9.17, 15) is 32.7 Å². The minimum absolute atomic E-state index is 0.00872. The molecule has 1 fully saturated rings. The number of carboxylic acid groups (broad SMARTS) is 1. The molecule has 0 radical (unpaired) electrons. The molecular weight excluding hydrogens is 361 g/mol. The quantitative estimate of drug-likeness (QED) is 0.585. The van der Waals surface area contributed by atoms with Crippen molar-refractivity contribution in [2.75, 3.05) is 6.61 Å². The molecule has 0 bridgehead atoms. The van der Waals surface area contributed by atoms with E-state index in [0.29, 0.717) is 0 Å². The van der Waals surface area contributed by atoms with Crippen LogP contribution in [0.25, 0.3) is 0 Å². The SMILES string of the molecule is CCOC(=O)[C@H]1[C@@H](c2ccc(C(=O)O)cc2)NC(=O)N[C@]1(O)C(F)(F)F. The van der Waals surface area contributed by atoms with Gasteiger partial charge in [-0.2, -0.15) is 13.2 Å². The average Bonchev–Trinajstić information content (AvgIpc) is 2.53. The first kappa shape index (κ1) is 19.5. The number of carboxylic acids is 1. The van der Waals surface area contributed by atoms with Crippen molar-refractivity contribution in [3.8, 4) is 0 Å². The van der Waals surface area contributed by atoms with Crippen molar-refractivity contribution in [2.24, 2.45) is 5.92 Å². The standard InChI is InChI=1S/C15H15F3N2O6/c1-2-26-12(23)9-10(7-3-5-8(6-4-7)11(21)22)19-13(24)20-14(9,25)15(16,17)18/h3-6,9-10,25H,2H2,1H3,(H,21,22)(H2,19,20,24)/t9-,10-,14-/m1/s1. The maximum atomic E-state index is 13.4. The molecule has 1 aromatic rings. The van der Waals surface area contributed by atoms with E-state index < -0.39 is 41.8 Å². The highest BCUT2D eigenvalue weighted by Crippen LogP contribution is 2.43. The number of benzene rings is 1. The van der Waals surface area contributed by atoms with Gasteiger partial charge in [-0.3, -0.25) is 4.79 Å². The van der Waals surface area contributed by atoms with Crippen LogP contribution in [0.1, 0.15) is 28.9 Å². The maximum absolute atomic E-state index is 13.4. The number of urea groups is 1. The Hall–Kier alpha value is -2.82. The number of nitrogens with one attached hydrogen (secondary N) is 2. The Balaban J connectivity index is 2.54. The number of carbonyl (C=O) groups is 3. The molecule has 1 aliphatic rings. The summed E-state index contributed by atoms with van der Waals surface area (Å²) in [5.74, 6) is -4.90. The van der Waals surface area contributed by atoms with Crippen LogP contribution in [0.15, 0.2) is 24.3 Å². The summed E-state index contributed by atoms with van der Waals surface area (Å²) >= 11 is 0. The molecule has 2 rings (SSSR count). The van der Waals surface area contributed by atoms with Crippen molar-refractivity contribution < 1.29 is 42.5 Å². The minimum atomic E-state index is -5.37. The summed E-state index contributed by atoms with van der Waals surface area (Å²) in [7, 11) is 0. The van der Waals surface area contributed by atoms with Crippen molar-refractivity contribution in [1.29, 1.82) is 0 Å². The van der Waals surface area contributed by atoms with Crippen molar-refractivity contribution in [1.82, 2.24) is 10.6 Å². The Bertz CT molecular complexity index is 721. The van der Waals surface area contributed by atoms with Gasteiger partial charge in [-0.25, -0.2) is 9.59 Å². The number of rotatable bonds is 4. The lowest BCUT2D eigenvalue weighted by molar-refractivity contribution is -0.294. The highest BCUT2D eigenvalue weighted by Gasteiger charge is 2.67. The number of hydrogen-bond acceptors (Lipinski definition) is 5. The van der Waals surface area contributed by atoms with E-state index in [-0.39, 0.29) is 17.7 Å². The fraction of sp³-hybridized carbons (Fsp3) is 0.400. The van der Waals surface area contributed by atoms with Crippen LogP contribution in [0.3, 0.4) is 0 Å². The van der Waals surface area contributed by atoms with Crippen LogP contribution >= 0.6 is 0 Å². The predicted molar refractivity (Wildman–Crippen MR) is 78.9 cm³/mol. The summed E-state index contributed by atoms with van der Waals surface area (Å²) in [5, 5.41) is 22.5. The third kappa shape index (κ3) is 3.43. The van der Waals surface area contributed by atoms with Gasteiger partial charge in [0, 0.05) is 0 Å². The number of esters is 1. The molecule has 1 heterocycles. The zero-order valence-corrected chi connectivity index (χ0v) is 13.3. The highest BCUT2D eigenvalue weighted by atomic mass is 19.4. The number of aromatic carboxylic acids is 1. The molecule has 0 aliphatic carbocycles. The molecule has 26 heavy (non-hydrogen) atoms. The molecule has 2 amide bonds. The van der Waals surface area contributed by atoms with E-state index in [0.717, 1.165) is 24.3 Å². The van der Waals surface area contributed by atoms with Crippen molar-refractivity contribution >= 4 is 18.0 Å². The summed E-state index contributed by atoms with van der Waals surface area (Å²) in [6, 6.07) is 1.53. The lowest BCUT2D eigenvalue weighted by Crippen LogP contribution is -2.73. The summed E-state index contributed by atoms with van der Waals surface area (Å²) in [4.78, 5) is 34.7. The first-order valence-electron chi connectivity index (χ1n) is 7.39. The first-order valence-corrected chi connectivity index (χ1v) is 7.39. The second-order valence-electron chi connectivity index (χ2n) is 5.50. The maximum Gasteiger partial charge on any atom is 0.437 e. The largest absolute Gasteiger partial charge is 0.478 e. The normalized spacial score (nSPS) is 25.8. The molecule has 8 nitrogen and oxygen atoms in total. The number of aliphatic hydroxyl groups is 1. The zero-order valence-electron chi connectivity index (χ0n) is 13.3. The molecular formula is C15H15F3N2O6. The van der Waals surface area contributed by atoms with E-state index in [1.165, 1.54) is 12.2 Å². The zero-order chi connectivity index (χ0) is 19.7. The van der Waals surface area contributed by atoms with E-state index in [2.05, 4.69) is 10.1 Å². The van der Waals surface area contributed by atoms with Crippen LogP contribution in [0.5, 0.6) is 0 Å². The molecule has 4 N–H and O–H groups in total. The van der Waals surface area contributed by atoms with E-state index in [4.69, 9.17) is 5.11 Å². The first-order chi connectivity index (χ1) is 12.0. The number of carbonyl (C=O) groups excluding carboxylic acids is 2. The van der Waals surface area contributed by atoms with Gasteiger partial charge in [0.15, 0.2) is 0 Å². The van der Waals surface area contributed by atoms with Crippen LogP contribution in [-0.2, 0) is 9.53 Å². The van der Waals surface area contributed by atoms with Crippen LogP contribution in [0.4, 0.5) is 18.0 Å². The van der Waals surface area contributed by atoms with Gasteiger partial charge in [0.05, 0.1) is 18.2 Å². The Kier molecular flexibility index (Phi) is 5.12. The highest BCUT2D eigenvalue weighted by molar-refractivity contribution is 5.88. The van der Waals surface area contributed by atoms with E-state index in [1.54, 1.807) is 0 Å². The van der Waals surface area contributed by atoms with Gasteiger partial charge in [-0.1, -0.05) is 12.1 Å². The van der Waals surface area contributed by atoms with Crippen molar-refractivity contribution in [3.63, 3.8) is 0 Å². The second kappa shape index (κ2) is 6.83. The summed E-state index contributed by atoms with van der Waals surface area (Å²) in [6.07, 6.45) is -5.37.